The van der Waals surface area contributed by atoms with E-state index >= 15 is 0 Å². The SMILES string of the molecule is CCc1cc2cc(OC)c(OC(F)(F)F)cc2[nH]c1=O. The van der Waals surface area contributed by atoms with Crippen LogP contribution in [0.5, 0.6) is 11.5 Å². The zero-order valence-corrected chi connectivity index (χ0v) is 10.8. The fourth-order valence-corrected chi connectivity index (χ4v) is 1.89. The molecular formula is C13H12F3NO3. The van der Waals surface area contributed by atoms with Crippen molar-refractivity contribution in [2.24, 2.45) is 0 Å². The van der Waals surface area contributed by atoms with Crippen LogP contribution in [0.4, 0.5) is 13.2 Å². The standard InChI is InChI=1S/C13H12F3NO3/c1-3-7-4-8-5-10(19-2)11(20-13(14,15)16)6-9(8)17-12(7)18/h4-6H,3H2,1-2H3,(H,17,18). The summed E-state index contributed by atoms with van der Waals surface area (Å²) in [5.41, 5.74) is 0.472. The number of nitrogens with one attached hydrogen (secondary N) is 1. The molecule has 7 heteroatoms. The fourth-order valence-electron chi connectivity index (χ4n) is 1.89. The van der Waals surface area contributed by atoms with Crippen LogP contribution in [0.15, 0.2) is 23.0 Å². The first-order valence-corrected chi connectivity index (χ1v) is 5.83. The lowest BCUT2D eigenvalue weighted by Crippen LogP contribution is -2.18. The highest BCUT2D eigenvalue weighted by atomic mass is 19.4. The molecule has 1 aromatic carbocycles. The first-order chi connectivity index (χ1) is 9.34. The third-order valence-electron chi connectivity index (χ3n) is 2.81. The van der Waals surface area contributed by atoms with Gasteiger partial charge in [0.1, 0.15) is 0 Å². The van der Waals surface area contributed by atoms with Crippen LogP contribution in [0, 0.1) is 0 Å². The molecule has 0 aliphatic heterocycles. The number of aromatic nitrogens is 1. The molecule has 0 saturated carbocycles. The van der Waals surface area contributed by atoms with Crippen molar-refractivity contribution in [3.05, 3.63) is 34.1 Å². The van der Waals surface area contributed by atoms with E-state index < -0.39 is 12.1 Å². The molecule has 2 aromatic rings. The Labute approximate surface area is 112 Å². The number of aryl methyl sites for hydroxylation is 1. The minimum atomic E-state index is -4.83. The quantitative estimate of drug-likeness (QED) is 0.944. The molecule has 0 radical (unpaired) electrons. The summed E-state index contributed by atoms with van der Waals surface area (Å²) in [5, 5.41) is 0.577. The van der Waals surface area contributed by atoms with Gasteiger partial charge in [-0.25, -0.2) is 0 Å². The number of aromatic amines is 1. The smallest absolute Gasteiger partial charge is 0.493 e. The van der Waals surface area contributed by atoms with E-state index in [0.29, 0.717) is 17.4 Å². The van der Waals surface area contributed by atoms with E-state index in [2.05, 4.69) is 9.72 Å². The van der Waals surface area contributed by atoms with Gasteiger partial charge in [-0.1, -0.05) is 6.92 Å². The normalized spacial score (nSPS) is 11.7. The van der Waals surface area contributed by atoms with Gasteiger partial charge in [0.05, 0.1) is 12.6 Å². The first kappa shape index (κ1) is 14.2. The molecule has 0 fully saturated rings. The molecule has 20 heavy (non-hydrogen) atoms. The molecule has 0 saturated heterocycles. The predicted octanol–water partition coefficient (Wildman–Crippen LogP) is 3.00. The Balaban J connectivity index is 2.63. The summed E-state index contributed by atoms with van der Waals surface area (Å²) in [4.78, 5) is 14.2. The summed E-state index contributed by atoms with van der Waals surface area (Å²) in [6.45, 7) is 1.81. The van der Waals surface area contributed by atoms with Crippen molar-refractivity contribution in [1.82, 2.24) is 4.98 Å². The molecular weight excluding hydrogens is 275 g/mol. The van der Waals surface area contributed by atoms with Crippen LogP contribution >= 0.6 is 0 Å². The van der Waals surface area contributed by atoms with Crippen LogP contribution in [-0.4, -0.2) is 18.5 Å². The van der Waals surface area contributed by atoms with Crippen LogP contribution < -0.4 is 15.0 Å². The van der Waals surface area contributed by atoms with Crippen LogP contribution in [0.1, 0.15) is 12.5 Å². The van der Waals surface area contributed by atoms with Gasteiger partial charge in [-0.3, -0.25) is 4.79 Å². The van der Waals surface area contributed by atoms with Gasteiger partial charge in [0.25, 0.3) is 5.56 Å². The van der Waals surface area contributed by atoms with Crippen molar-refractivity contribution < 1.29 is 22.6 Å². The Kier molecular flexibility index (Phi) is 3.61. The van der Waals surface area contributed by atoms with E-state index in [-0.39, 0.29) is 16.8 Å². The highest BCUT2D eigenvalue weighted by Gasteiger charge is 2.32. The number of halogens is 3. The molecule has 0 unspecified atom stereocenters. The first-order valence-electron chi connectivity index (χ1n) is 5.83. The molecule has 2 rings (SSSR count). The molecule has 1 N–H and O–H groups in total. The Morgan fingerprint density at radius 3 is 2.45 bits per heavy atom. The maximum Gasteiger partial charge on any atom is 0.573 e. The van der Waals surface area contributed by atoms with Gasteiger partial charge in [-0.15, -0.1) is 13.2 Å². The Morgan fingerprint density at radius 2 is 1.90 bits per heavy atom. The number of methoxy groups -OCH3 is 1. The molecule has 4 nitrogen and oxygen atoms in total. The summed E-state index contributed by atoms with van der Waals surface area (Å²) in [6.07, 6.45) is -4.31. The third kappa shape index (κ3) is 2.87. The van der Waals surface area contributed by atoms with E-state index in [1.807, 2.05) is 6.92 Å². The van der Waals surface area contributed by atoms with Gasteiger partial charge in [-0.2, -0.15) is 0 Å². The van der Waals surface area contributed by atoms with Crippen molar-refractivity contribution in [1.29, 1.82) is 0 Å². The number of rotatable bonds is 3. The van der Waals surface area contributed by atoms with Gasteiger partial charge in [0.15, 0.2) is 11.5 Å². The average molecular weight is 287 g/mol. The van der Waals surface area contributed by atoms with E-state index in [1.54, 1.807) is 6.07 Å². The molecule has 0 spiro atoms. The van der Waals surface area contributed by atoms with Gasteiger partial charge in [0, 0.05) is 17.0 Å². The van der Waals surface area contributed by atoms with E-state index in [0.717, 1.165) is 6.07 Å². The van der Waals surface area contributed by atoms with Gasteiger partial charge >= 0.3 is 6.36 Å². The lowest BCUT2D eigenvalue weighted by molar-refractivity contribution is -0.275. The lowest BCUT2D eigenvalue weighted by atomic mass is 10.1. The van der Waals surface area contributed by atoms with Crippen molar-refractivity contribution in [3.63, 3.8) is 0 Å². The number of hydrogen-bond acceptors (Lipinski definition) is 3. The minimum absolute atomic E-state index is 0.0519. The van der Waals surface area contributed by atoms with Crippen molar-refractivity contribution >= 4 is 10.9 Å². The third-order valence-corrected chi connectivity index (χ3v) is 2.81. The number of benzene rings is 1. The fraction of sp³-hybridized carbons (Fsp3) is 0.308. The molecule has 1 aromatic heterocycles. The minimum Gasteiger partial charge on any atom is -0.493 e. The largest absolute Gasteiger partial charge is 0.573 e. The molecule has 0 aliphatic rings. The maximum atomic E-state index is 12.3. The number of hydrogen-bond donors (Lipinski definition) is 1. The van der Waals surface area contributed by atoms with Crippen molar-refractivity contribution in [2.45, 2.75) is 19.7 Å². The number of fused-ring (bicyclic) bond motifs is 1. The van der Waals surface area contributed by atoms with Crippen LogP contribution in [0.25, 0.3) is 10.9 Å². The molecule has 1 heterocycles. The average Bonchev–Trinajstić information content (AvgIpc) is 2.35. The highest BCUT2D eigenvalue weighted by molar-refractivity contribution is 5.83. The Morgan fingerprint density at radius 1 is 1.20 bits per heavy atom. The summed E-state index contributed by atoms with van der Waals surface area (Å²) in [6, 6.07) is 4.11. The molecule has 0 bridgehead atoms. The number of alkyl halides is 3. The van der Waals surface area contributed by atoms with Crippen molar-refractivity contribution in [2.75, 3.05) is 7.11 Å². The Hall–Kier alpha value is -2.18. The van der Waals surface area contributed by atoms with Gasteiger partial charge in [-0.05, 0) is 18.6 Å². The van der Waals surface area contributed by atoms with E-state index in [9.17, 15) is 18.0 Å². The number of ether oxygens (including phenoxy) is 2. The zero-order chi connectivity index (χ0) is 14.9. The Bertz CT molecular complexity index is 692. The number of pyridine rings is 1. The summed E-state index contributed by atoms with van der Waals surface area (Å²) < 4.78 is 45.7. The predicted molar refractivity (Wildman–Crippen MR) is 67.2 cm³/mol. The lowest BCUT2D eigenvalue weighted by Gasteiger charge is -2.13. The second kappa shape index (κ2) is 5.07. The maximum absolute atomic E-state index is 12.3. The summed E-state index contributed by atoms with van der Waals surface area (Å²) in [5.74, 6) is -0.545. The van der Waals surface area contributed by atoms with Crippen LogP contribution in [-0.2, 0) is 6.42 Å². The van der Waals surface area contributed by atoms with E-state index in [4.69, 9.17) is 4.74 Å². The van der Waals surface area contributed by atoms with Crippen LogP contribution in [0.3, 0.4) is 0 Å². The highest BCUT2D eigenvalue weighted by Crippen LogP contribution is 2.35. The monoisotopic (exact) mass is 287 g/mol. The van der Waals surface area contributed by atoms with Gasteiger partial charge in [0.2, 0.25) is 0 Å². The zero-order valence-electron chi connectivity index (χ0n) is 10.8. The molecule has 0 aliphatic carbocycles. The second-order valence-corrected chi connectivity index (χ2v) is 4.12. The van der Waals surface area contributed by atoms with E-state index in [1.165, 1.54) is 13.2 Å². The number of H-pyrrole nitrogens is 1. The molecule has 0 atom stereocenters. The topological polar surface area (TPSA) is 51.3 Å². The van der Waals surface area contributed by atoms with Gasteiger partial charge < -0.3 is 14.5 Å². The molecule has 108 valence electrons. The van der Waals surface area contributed by atoms with Crippen molar-refractivity contribution in [3.8, 4) is 11.5 Å². The van der Waals surface area contributed by atoms with Crippen LogP contribution in [0.2, 0.25) is 0 Å². The molecule has 0 amide bonds. The second-order valence-electron chi connectivity index (χ2n) is 4.12. The summed E-state index contributed by atoms with van der Waals surface area (Å²) in [7, 11) is 1.25. The summed E-state index contributed by atoms with van der Waals surface area (Å²) >= 11 is 0.